The van der Waals surface area contributed by atoms with E-state index in [9.17, 15) is 18.0 Å². The Kier molecular flexibility index (Phi) is 4.97. The van der Waals surface area contributed by atoms with E-state index in [1.807, 2.05) is 4.90 Å². The fraction of sp³-hybridized carbons (Fsp3) is 0.312. The molecule has 2 heterocycles. The molecule has 1 N–H and O–H groups in total. The van der Waals surface area contributed by atoms with Crippen molar-refractivity contribution in [3.8, 4) is 0 Å². The molecule has 3 rings (SSSR count). The summed E-state index contributed by atoms with van der Waals surface area (Å²) in [6, 6.07) is 6.25. The standard InChI is InChI=1S/C16H16F3N5OS/c1-23(2)12(10-4-3-5-11(8-10)16(17,18)19)9-21-14-22-24-13(25)6-7-20-15(24)26-14/h3-8,12H,9H2,1-2H3,(H,21,22). The van der Waals surface area contributed by atoms with Gasteiger partial charge < -0.3 is 10.2 Å². The summed E-state index contributed by atoms with van der Waals surface area (Å²) in [4.78, 5) is 18.0. The van der Waals surface area contributed by atoms with Crippen LogP contribution in [0.2, 0.25) is 0 Å². The predicted octanol–water partition coefficient (Wildman–Crippen LogP) is 2.88. The molecule has 0 aliphatic heterocycles. The number of alkyl halides is 3. The number of fused-ring (bicyclic) bond motifs is 1. The molecule has 0 fully saturated rings. The van der Waals surface area contributed by atoms with Crippen LogP contribution in [-0.2, 0) is 6.18 Å². The van der Waals surface area contributed by atoms with Gasteiger partial charge in [0.25, 0.3) is 5.56 Å². The quantitative estimate of drug-likeness (QED) is 0.734. The molecule has 0 bridgehead atoms. The molecule has 3 aromatic rings. The molecule has 1 aromatic carbocycles. The number of likely N-dealkylation sites (N-methyl/N-ethyl adjacent to an activating group) is 1. The topological polar surface area (TPSA) is 62.5 Å². The van der Waals surface area contributed by atoms with E-state index in [0.717, 1.165) is 12.1 Å². The number of aromatic nitrogens is 3. The number of nitrogens with zero attached hydrogens (tertiary/aromatic N) is 4. The van der Waals surface area contributed by atoms with Gasteiger partial charge in [-0.05, 0) is 31.8 Å². The van der Waals surface area contributed by atoms with E-state index in [1.165, 1.54) is 34.2 Å². The number of halogens is 3. The van der Waals surface area contributed by atoms with Crippen molar-refractivity contribution >= 4 is 21.4 Å². The highest BCUT2D eigenvalue weighted by molar-refractivity contribution is 7.20. The summed E-state index contributed by atoms with van der Waals surface area (Å²) in [5, 5.41) is 7.70. The molecule has 0 amide bonds. The Bertz CT molecular complexity index is 966. The largest absolute Gasteiger partial charge is 0.416 e. The highest BCUT2D eigenvalue weighted by Crippen LogP contribution is 2.31. The van der Waals surface area contributed by atoms with E-state index in [-0.39, 0.29) is 11.6 Å². The summed E-state index contributed by atoms with van der Waals surface area (Å²) < 4.78 is 40.1. The molecule has 0 saturated heterocycles. The van der Waals surface area contributed by atoms with Gasteiger partial charge in [0.05, 0.1) is 11.6 Å². The highest BCUT2D eigenvalue weighted by Gasteiger charge is 2.31. The van der Waals surface area contributed by atoms with E-state index in [4.69, 9.17) is 0 Å². The van der Waals surface area contributed by atoms with Crippen LogP contribution in [-0.4, -0.2) is 40.1 Å². The summed E-state index contributed by atoms with van der Waals surface area (Å²) in [5.41, 5.74) is -0.437. The smallest absolute Gasteiger partial charge is 0.358 e. The van der Waals surface area contributed by atoms with Gasteiger partial charge >= 0.3 is 6.18 Å². The van der Waals surface area contributed by atoms with Gasteiger partial charge in [-0.3, -0.25) is 4.79 Å². The lowest BCUT2D eigenvalue weighted by Gasteiger charge is -2.25. The van der Waals surface area contributed by atoms with E-state index in [1.54, 1.807) is 20.2 Å². The van der Waals surface area contributed by atoms with Gasteiger partial charge in [-0.2, -0.15) is 17.7 Å². The van der Waals surface area contributed by atoms with E-state index in [0.29, 0.717) is 22.2 Å². The Morgan fingerprint density at radius 2 is 2.08 bits per heavy atom. The van der Waals surface area contributed by atoms with Gasteiger partial charge in [0.1, 0.15) is 0 Å². The third-order valence-electron chi connectivity index (χ3n) is 3.84. The zero-order valence-corrected chi connectivity index (χ0v) is 14.8. The molecule has 1 atom stereocenters. The average Bonchev–Trinajstić information content (AvgIpc) is 2.99. The highest BCUT2D eigenvalue weighted by atomic mass is 32.1. The minimum atomic E-state index is -4.39. The number of rotatable bonds is 5. The predicted molar refractivity (Wildman–Crippen MR) is 93.5 cm³/mol. The van der Waals surface area contributed by atoms with Gasteiger partial charge in [0, 0.05) is 18.8 Å². The van der Waals surface area contributed by atoms with Crippen LogP contribution < -0.4 is 10.9 Å². The van der Waals surface area contributed by atoms with Crippen molar-refractivity contribution in [3.63, 3.8) is 0 Å². The first-order chi connectivity index (χ1) is 12.3. The number of anilines is 1. The number of hydrogen-bond donors (Lipinski definition) is 1. The van der Waals surface area contributed by atoms with Gasteiger partial charge in [-0.25, -0.2) is 4.98 Å². The summed E-state index contributed by atoms with van der Waals surface area (Å²) in [5.74, 6) is 0. The first-order valence-corrected chi connectivity index (χ1v) is 8.49. The second-order valence-electron chi connectivity index (χ2n) is 5.87. The summed E-state index contributed by atoms with van der Waals surface area (Å²) >= 11 is 1.20. The monoisotopic (exact) mass is 383 g/mol. The fourth-order valence-corrected chi connectivity index (χ4v) is 3.30. The van der Waals surface area contributed by atoms with Crippen molar-refractivity contribution in [2.45, 2.75) is 12.2 Å². The van der Waals surface area contributed by atoms with Crippen molar-refractivity contribution in [2.75, 3.05) is 26.0 Å². The molecule has 10 heteroatoms. The van der Waals surface area contributed by atoms with Crippen molar-refractivity contribution in [1.82, 2.24) is 19.5 Å². The van der Waals surface area contributed by atoms with Crippen LogP contribution in [0.5, 0.6) is 0 Å². The minimum absolute atomic E-state index is 0.290. The maximum Gasteiger partial charge on any atom is 0.416 e. The van der Waals surface area contributed by atoms with Crippen LogP contribution in [0, 0.1) is 0 Å². The Labute approximate surface area is 150 Å². The van der Waals surface area contributed by atoms with Gasteiger partial charge in [0.2, 0.25) is 10.1 Å². The lowest BCUT2D eigenvalue weighted by Crippen LogP contribution is -2.27. The van der Waals surface area contributed by atoms with Crippen LogP contribution in [0.4, 0.5) is 18.3 Å². The molecule has 0 aliphatic carbocycles. The van der Waals surface area contributed by atoms with Crippen LogP contribution in [0.15, 0.2) is 41.3 Å². The van der Waals surface area contributed by atoms with E-state index < -0.39 is 11.7 Å². The molecule has 0 radical (unpaired) electrons. The van der Waals surface area contributed by atoms with Crippen LogP contribution in [0.3, 0.4) is 0 Å². The summed E-state index contributed by atoms with van der Waals surface area (Å²) in [6.45, 7) is 0.322. The van der Waals surface area contributed by atoms with Crippen LogP contribution in [0.1, 0.15) is 17.2 Å². The van der Waals surface area contributed by atoms with Crippen molar-refractivity contribution in [3.05, 3.63) is 58.0 Å². The third-order valence-corrected chi connectivity index (χ3v) is 4.72. The second kappa shape index (κ2) is 7.04. The minimum Gasteiger partial charge on any atom is -0.358 e. The lowest BCUT2D eigenvalue weighted by atomic mass is 10.0. The molecule has 26 heavy (non-hydrogen) atoms. The first kappa shape index (κ1) is 18.3. The Morgan fingerprint density at radius 3 is 2.73 bits per heavy atom. The van der Waals surface area contributed by atoms with Gasteiger partial charge in [0.15, 0.2) is 0 Å². The first-order valence-electron chi connectivity index (χ1n) is 7.68. The fourth-order valence-electron chi connectivity index (χ4n) is 2.52. The van der Waals surface area contributed by atoms with Crippen molar-refractivity contribution < 1.29 is 13.2 Å². The molecule has 138 valence electrons. The van der Waals surface area contributed by atoms with Crippen LogP contribution >= 0.6 is 11.3 Å². The van der Waals surface area contributed by atoms with E-state index in [2.05, 4.69) is 15.4 Å². The third kappa shape index (κ3) is 3.86. The number of nitrogens with one attached hydrogen (secondary N) is 1. The SMILES string of the molecule is CN(C)C(CNc1nn2c(=O)ccnc2s1)c1cccc(C(F)(F)F)c1. The average molecular weight is 383 g/mol. The van der Waals surface area contributed by atoms with Crippen LogP contribution in [0.25, 0.3) is 4.96 Å². The molecule has 0 aliphatic rings. The molecule has 6 nitrogen and oxygen atoms in total. The zero-order valence-electron chi connectivity index (χ0n) is 14.0. The molecule has 1 unspecified atom stereocenters. The Morgan fingerprint density at radius 1 is 1.31 bits per heavy atom. The molecular formula is C16H16F3N5OS. The molecular weight excluding hydrogens is 367 g/mol. The van der Waals surface area contributed by atoms with Gasteiger partial charge in [-0.15, -0.1) is 5.10 Å². The normalized spacial score (nSPS) is 13.3. The molecule has 0 saturated carbocycles. The van der Waals surface area contributed by atoms with Crippen molar-refractivity contribution in [2.24, 2.45) is 0 Å². The number of benzene rings is 1. The molecule has 2 aromatic heterocycles. The van der Waals surface area contributed by atoms with Gasteiger partial charge in [-0.1, -0.05) is 23.5 Å². The number of hydrogen-bond acceptors (Lipinski definition) is 6. The maximum atomic E-state index is 13.0. The zero-order chi connectivity index (χ0) is 18.9. The molecule has 0 spiro atoms. The summed E-state index contributed by atoms with van der Waals surface area (Å²) in [6.07, 6.45) is -2.98. The maximum absolute atomic E-state index is 13.0. The Balaban J connectivity index is 1.83. The lowest BCUT2D eigenvalue weighted by molar-refractivity contribution is -0.137. The van der Waals surface area contributed by atoms with E-state index >= 15 is 0 Å². The van der Waals surface area contributed by atoms with Crippen molar-refractivity contribution in [1.29, 1.82) is 0 Å². The second-order valence-corrected chi connectivity index (χ2v) is 6.82. The summed E-state index contributed by atoms with van der Waals surface area (Å²) in [7, 11) is 3.58. The Hall–Kier alpha value is -2.46.